The number of aromatic nitrogens is 1. The first-order valence-electron chi connectivity index (χ1n) is 13.1. The van der Waals surface area contributed by atoms with Crippen LogP contribution in [0.5, 0.6) is 0 Å². The van der Waals surface area contributed by atoms with E-state index in [1.165, 1.54) is 0 Å². The van der Waals surface area contributed by atoms with Crippen LogP contribution in [0.2, 0.25) is 5.02 Å². The molecule has 1 aromatic heterocycles. The molecule has 0 saturated carbocycles. The molecule has 0 spiro atoms. The second-order valence-electron chi connectivity index (χ2n) is 10.9. The Labute approximate surface area is 234 Å². The molecule has 8 nitrogen and oxygen atoms in total. The van der Waals surface area contributed by atoms with Gasteiger partial charge in [0.2, 0.25) is 11.8 Å². The molecule has 3 aromatic rings. The van der Waals surface area contributed by atoms with E-state index in [0.717, 1.165) is 10.9 Å². The van der Waals surface area contributed by atoms with E-state index < -0.39 is 29.7 Å². The molecule has 0 aliphatic rings. The molecular formula is C30H37ClN4O4. The first-order valence-corrected chi connectivity index (χ1v) is 13.5. The van der Waals surface area contributed by atoms with Gasteiger partial charge in [0, 0.05) is 16.6 Å². The SMILES string of the molecule is CC(C)C[C@@H](NC(=O)OC(C)(C)C)C(=O)N[C@H](CCc1ccccc1)C(=O)Nc1ccnc2cc(Cl)ccc12. The Morgan fingerprint density at radius 1 is 0.949 bits per heavy atom. The van der Waals surface area contributed by atoms with Crippen LogP contribution in [0.15, 0.2) is 60.8 Å². The number of nitrogens with one attached hydrogen (secondary N) is 3. The third-order valence-electron chi connectivity index (χ3n) is 5.87. The molecule has 3 rings (SSSR count). The number of benzene rings is 2. The summed E-state index contributed by atoms with van der Waals surface area (Å²) in [6.45, 7) is 9.18. The van der Waals surface area contributed by atoms with Gasteiger partial charge >= 0.3 is 6.09 Å². The Hall–Kier alpha value is -3.65. The van der Waals surface area contributed by atoms with E-state index in [9.17, 15) is 14.4 Å². The molecule has 3 amide bonds. The molecule has 3 N–H and O–H groups in total. The lowest BCUT2D eigenvalue weighted by Gasteiger charge is -2.26. The largest absolute Gasteiger partial charge is 0.444 e. The number of fused-ring (bicyclic) bond motifs is 1. The smallest absolute Gasteiger partial charge is 0.408 e. The van der Waals surface area contributed by atoms with E-state index >= 15 is 0 Å². The maximum atomic E-state index is 13.6. The summed E-state index contributed by atoms with van der Waals surface area (Å²) in [5.74, 6) is -0.710. The van der Waals surface area contributed by atoms with Crippen LogP contribution in [0.3, 0.4) is 0 Å². The minimum atomic E-state index is -0.865. The lowest BCUT2D eigenvalue weighted by atomic mass is 10.0. The second kappa shape index (κ2) is 13.4. The zero-order chi connectivity index (χ0) is 28.6. The molecule has 2 atom stereocenters. The van der Waals surface area contributed by atoms with Crippen molar-refractivity contribution in [1.82, 2.24) is 15.6 Å². The topological polar surface area (TPSA) is 109 Å². The fourth-order valence-electron chi connectivity index (χ4n) is 4.10. The maximum Gasteiger partial charge on any atom is 0.408 e. The van der Waals surface area contributed by atoms with E-state index in [-0.39, 0.29) is 11.8 Å². The first kappa shape index (κ1) is 29.9. The van der Waals surface area contributed by atoms with Gasteiger partial charge in [0.05, 0.1) is 11.2 Å². The van der Waals surface area contributed by atoms with Crippen molar-refractivity contribution in [2.75, 3.05) is 5.32 Å². The minimum absolute atomic E-state index is 0.113. The molecule has 208 valence electrons. The number of hydrogen-bond donors (Lipinski definition) is 3. The molecule has 39 heavy (non-hydrogen) atoms. The van der Waals surface area contributed by atoms with Crippen molar-refractivity contribution in [1.29, 1.82) is 0 Å². The summed E-state index contributed by atoms with van der Waals surface area (Å²) in [6, 6.07) is 15.0. The van der Waals surface area contributed by atoms with Gasteiger partial charge in [-0.1, -0.05) is 55.8 Å². The van der Waals surface area contributed by atoms with Crippen LogP contribution in [0.4, 0.5) is 10.5 Å². The normalized spacial score (nSPS) is 13.0. The number of amides is 3. The Balaban J connectivity index is 1.82. The number of pyridine rings is 1. The summed E-state index contributed by atoms with van der Waals surface area (Å²) in [4.78, 5) is 43.8. The molecule has 9 heteroatoms. The van der Waals surface area contributed by atoms with Gasteiger partial charge in [0.25, 0.3) is 0 Å². The third kappa shape index (κ3) is 9.55. The number of alkyl carbamates (subject to hydrolysis) is 1. The highest BCUT2D eigenvalue weighted by Crippen LogP contribution is 2.25. The highest BCUT2D eigenvalue weighted by molar-refractivity contribution is 6.31. The van der Waals surface area contributed by atoms with Gasteiger partial charge in [-0.2, -0.15) is 0 Å². The summed E-state index contributed by atoms with van der Waals surface area (Å²) >= 11 is 6.11. The van der Waals surface area contributed by atoms with E-state index in [4.69, 9.17) is 16.3 Å². The Morgan fingerprint density at radius 2 is 1.67 bits per heavy atom. The zero-order valence-electron chi connectivity index (χ0n) is 23.1. The summed E-state index contributed by atoms with van der Waals surface area (Å²) in [7, 11) is 0. The fourth-order valence-corrected chi connectivity index (χ4v) is 4.27. The summed E-state index contributed by atoms with van der Waals surface area (Å²) in [6.07, 6.45) is 2.22. The molecular weight excluding hydrogens is 516 g/mol. The average Bonchev–Trinajstić information content (AvgIpc) is 2.85. The maximum absolute atomic E-state index is 13.6. The molecule has 0 aliphatic carbocycles. The number of carbonyl (C=O) groups is 3. The van der Waals surface area contributed by atoms with Crippen molar-refractivity contribution in [3.63, 3.8) is 0 Å². The predicted octanol–water partition coefficient (Wildman–Crippen LogP) is 5.88. The number of aryl methyl sites for hydroxylation is 1. The van der Waals surface area contributed by atoms with Crippen molar-refractivity contribution in [2.24, 2.45) is 5.92 Å². The zero-order valence-corrected chi connectivity index (χ0v) is 23.8. The third-order valence-corrected chi connectivity index (χ3v) is 6.11. The Kier molecular flexibility index (Phi) is 10.3. The standard InChI is InChI=1S/C30H37ClN4O4/c1-19(2)17-26(35-29(38)39-30(3,4)5)28(37)34-24(14-11-20-9-7-6-8-10-20)27(36)33-23-15-16-32-25-18-21(31)12-13-22(23)25/h6-10,12-13,15-16,18-19,24,26H,11,14,17H2,1-5H3,(H,34,37)(H,35,38)(H,32,33,36)/t24-,26-/m1/s1. The van der Waals surface area contributed by atoms with Crippen LogP contribution < -0.4 is 16.0 Å². The van der Waals surface area contributed by atoms with Gasteiger partial charge in [-0.05, 0) is 75.8 Å². The minimum Gasteiger partial charge on any atom is -0.444 e. The van der Waals surface area contributed by atoms with Gasteiger partial charge in [0.15, 0.2) is 0 Å². The molecule has 0 fully saturated rings. The van der Waals surface area contributed by atoms with E-state index in [0.29, 0.717) is 35.5 Å². The van der Waals surface area contributed by atoms with Crippen molar-refractivity contribution in [2.45, 2.75) is 71.6 Å². The summed E-state index contributed by atoms with van der Waals surface area (Å²) < 4.78 is 5.36. The summed E-state index contributed by atoms with van der Waals surface area (Å²) in [5, 5.41) is 9.78. The monoisotopic (exact) mass is 552 g/mol. The molecule has 0 bridgehead atoms. The van der Waals surface area contributed by atoms with Crippen molar-refractivity contribution >= 4 is 46.1 Å². The molecule has 0 saturated heterocycles. The van der Waals surface area contributed by atoms with Crippen LogP contribution >= 0.6 is 11.6 Å². The van der Waals surface area contributed by atoms with E-state index in [2.05, 4.69) is 20.9 Å². The van der Waals surface area contributed by atoms with Gasteiger partial charge in [-0.25, -0.2) is 4.79 Å². The number of anilines is 1. The highest BCUT2D eigenvalue weighted by atomic mass is 35.5. The first-order chi connectivity index (χ1) is 18.4. The Bertz CT molecular complexity index is 1290. The van der Waals surface area contributed by atoms with Gasteiger partial charge < -0.3 is 20.7 Å². The van der Waals surface area contributed by atoms with Crippen LogP contribution in [0.25, 0.3) is 10.9 Å². The number of rotatable bonds is 10. The second-order valence-corrected chi connectivity index (χ2v) is 11.4. The lowest BCUT2D eigenvalue weighted by molar-refractivity contribution is -0.128. The number of carbonyl (C=O) groups excluding carboxylic acids is 3. The molecule has 2 aromatic carbocycles. The number of nitrogens with zero attached hydrogens (tertiary/aromatic N) is 1. The van der Waals surface area contributed by atoms with Crippen LogP contribution in [-0.4, -0.2) is 40.6 Å². The number of halogens is 1. The van der Waals surface area contributed by atoms with Crippen LogP contribution in [0.1, 0.15) is 53.0 Å². The van der Waals surface area contributed by atoms with Crippen LogP contribution in [-0.2, 0) is 20.7 Å². The highest BCUT2D eigenvalue weighted by Gasteiger charge is 2.29. The van der Waals surface area contributed by atoms with Crippen LogP contribution in [0, 0.1) is 5.92 Å². The lowest BCUT2D eigenvalue weighted by Crippen LogP contribution is -2.53. The summed E-state index contributed by atoms with van der Waals surface area (Å²) in [5.41, 5.74) is 1.53. The van der Waals surface area contributed by atoms with Gasteiger partial charge in [-0.15, -0.1) is 0 Å². The quantitative estimate of drug-likeness (QED) is 0.291. The Morgan fingerprint density at radius 3 is 2.33 bits per heavy atom. The average molecular weight is 553 g/mol. The molecule has 0 aliphatic heterocycles. The van der Waals surface area contributed by atoms with Gasteiger partial charge in [0.1, 0.15) is 17.7 Å². The molecule has 0 unspecified atom stereocenters. The van der Waals surface area contributed by atoms with Crippen molar-refractivity contribution in [3.05, 3.63) is 71.4 Å². The predicted molar refractivity (Wildman–Crippen MR) is 155 cm³/mol. The van der Waals surface area contributed by atoms with E-state index in [1.54, 1.807) is 51.2 Å². The molecule has 1 heterocycles. The number of hydrogen-bond acceptors (Lipinski definition) is 5. The molecule has 0 radical (unpaired) electrons. The fraction of sp³-hybridized carbons (Fsp3) is 0.400. The number of ether oxygens (including phenoxy) is 1. The van der Waals surface area contributed by atoms with Crippen molar-refractivity contribution in [3.8, 4) is 0 Å². The van der Waals surface area contributed by atoms with E-state index in [1.807, 2.05) is 44.2 Å². The van der Waals surface area contributed by atoms with Crippen molar-refractivity contribution < 1.29 is 19.1 Å². The van der Waals surface area contributed by atoms with Gasteiger partial charge in [-0.3, -0.25) is 14.6 Å².